The number of piperazine rings is 1. The van der Waals surface area contributed by atoms with Crippen molar-refractivity contribution in [1.29, 1.82) is 0 Å². The molecule has 3 N–H and O–H groups in total. The van der Waals surface area contributed by atoms with E-state index in [0.29, 0.717) is 13.1 Å². The van der Waals surface area contributed by atoms with E-state index in [2.05, 4.69) is 4.90 Å². The predicted molar refractivity (Wildman–Crippen MR) is 90.5 cm³/mol. The monoisotopic (exact) mass is 321 g/mol. The van der Waals surface area contributed by atoms with Gasteiger partial charge in [-0.3, -0.25) is 0 Å². The van der Waals surface area contributed by atoms with E-state index in [-0.39, 0.29) is 12.6 Å². The number of nitrogens with zero attached hydrogens (tertiary/aromatic N) is 2. The first-order chi connectivity index (χ1) is 10.8. The largest absolute Gasteiger partial charge is 0.444 e. The van der Waals surface area contributed by atoms with Crippen LogP contribution in [0.4, 0.5) is 10.5 Å². The third kappa shape index (κ3) is 4.84. The number of ether oxygens (including phenoxy) is 1. The quantitative estimate of drug-likeness (QED) is 0.886. The lowest BCUT2D eigenvalue weighted by Crippen LogP contribution is -2.50. The Labute approximate surface area is 137 Å². The van der Waals surface area contributed by atoms with Gasteiger partial charge in [0.1, 0.15) is 5.60 Å². The molecule has 0 spiro atoms. The van der Waals surface area contributed by atoms with Crippen LogP contribution in [-0.4, -0.2) is 54.4 Å². The van der Waals surface area contributed by atoms with Crippen molar-refractivity contribution in [2.75, 3.05) is 37.6 Å². The number of carbonyl (C=O) groups is 1. The van der Waals surface area contributed by atoms with E-state index in [4.69, 9.17) is 10.5 Å². The van der Waals surface area contributed by atoms with Crippen molar-refractivity contribution in [3.63, 3.8) is 0 Å². The lowest BCUT2D eigenvalue weighted by molar-refractivity contribution is 0.0240. The van der Waals surface area contributed by atoms with Crippen LogP contribution in [0.3, 0.4) is 0 Å². The molecule has 1 unspecified atom stereocenters. The average Bonchev–Trinajstić information content (AvgIpc) is 2.53. The second-order valence-electron chi connectivity index (χ2n) is 6.80. The summed E-state index contributed by atoms with van der Waals surface area (Å²) in [6, 6.07) is 7.76. The standard InChI is InChI=1S/C17H27N3O3/c1-17(2,3)23-16(22)20-10-8-19(9-11-20)14-6-4-13(5-7-14)15(21)12-18/h4-7,15,21H,8-12,18H2,1-3H3. The Morgan fingerprint density at radius 1 is 1.22 bits per heavy atom. The summed E-state index contributed by atoms with van der Waals surface area (Å²) in [5, 5.41) is 9.72. The third-order valence-electron chi connectivity index (χ3n) is 3.80. The second kappa shape index (κ2) is 7.19. The summed E-state index contributed by atoms with van der Waals surface area (Å²) < 4.78 is 5.40. The fourth-order valence-corrected chi connectivity index (χ4v) is 2.52. The maximum atomic E-state index is 12.1. The first kappa shape index (κ1) is 17.6. The van der Waals surface area contributed by atoms with Crippen molar-refractivity contribution < 1.29 is 14.6 Å². The zero-order valence-corrected chi connectivity index (χ0v) is 14.2. The number of aliphatic hydroxyl groups is 1. The first-order valence-corrected chi connectivity index (χ1v) is 8.01. The normalized spacial score (nSPS) is 17.1. The summed E-state index contributed by atoms with van der Waals surface area (Å²) in [6.07, 6.45) is -0.869. The molecule has 1 atom stereocenters. The van der Waals surface area contributed by atoms with Crippen LogP contribution in [-0.2, 0) is 4.74 Å². The van der Waals surface area contributed by atoms with Gasteiger partial charge in [-0.1, -0.05) is 12.1 Å². The summed E-state index contributed by atoms with van der Waals surface area (Å²) in [7, 11) is 0. The molecule has 1 saturated heterocycles. The fraction of sp³-hybridized carbons (Fsp3) is 0.588. The number of anilines is 1. The van der Waals surface area contributed by atoms with Gasteiger partial charge in [0.05, 0.1) is 6.10 Å². The van der Waals surface area contributed by atoms with Crippen molar-refractivity contribution in [2.45, 2.75) is 32.5 Å². The number of benzene rings is 1. The third-order valence-corrected chi connectivity index (χ3v) is 3.80. The van der Waals surface area contributed by atoms with Crippen LogP contribution >= 0.6 is 0 Å². The maximum Gasteiger partial charge on any atom is 0.410 e. The van der Waals surface area contributed by atoms with E-state index in [9.17, 15) is 9.90 Å². The minimum Gasteiger partial charge on any atom is -0.444 e. The summed E-state index contributed by atoms with van der Waals surface area (Å²) in [5.41, 5.74) is 6.91. The van der Waals surface area contributed by atoms with Gasteiger partial charge >= 0.3 is 6.09 Å². The van der Waals surface area contributed by atoms with Crippen LogP contribution in [0.25, 0.3) is 0 Å². The number of nitrogens with two attached hydrogens (primary N) is 1. The second-order valence-corrected chi connectivity index (χ2v) is 6.80. The molecule has 1 amide bonds. The van der Waals surface area contributed by atoms with Gasteiger partial charge < -0.3 is 25.4 Å². The van der Waals surface area contributed by atoms with Gasteiger partial charge in [-0.2, -0.15) is 0 Å². The summed E-state index contributed by atoms with van der Waals surface area (Å²) in [4.78, 5) is 16.0. The zero-order chi connectivity index (χ0) is 17.0. The summed E-state index contributed by atoms with van der Waals surface area (Å²) in [5.74, 6) is 0. The minimum atomic E-state index is -0.618. The van der Waals surface area contributed by atoms with Gasteiger partial charge in [-0.25, -0.2) is 4.79 Å². The number of rotatable bonds is 3. The molecule has 6 nitrogen and oxygen atoms in total. The number of aliphatic hydroxyl groups excluding tert-OH is 1. The molecule has 1 aliphatic rings. The molecule has 0 aromatic heterocycles. The van der Waals surface area contributed by atoms with E-state index in [1.807, 2.05) is 45.0 Å². The van der Waals surface area contributed by atoms with Crippen LogP contribution < -0.4 is 10.6 Å². The number of hydrogen-bond donors (Lipinski definition) is 2. The van der Waals surface area contributed by atoms with Gasteiger partial charge in [-0.05, 0) is 38.5 Å². The highest BCUT2D eigenvalue weighted by atomic mass is 16.6. The van der Waals surface area contributed by atoms with Crippen molar-refractivity contribution in [1.82, 2.24) is 4.90 Å². The average molecular weight is 321 g/mol. The zero-order valence-electron chi connectivity index (χ0n) is 14.2. The fourth-order valence-electron chi connectivity index (χ4n) is 2.52. The van der Waals surface area contributed by atoms with Crippen molar-refractivity contribution in [3.05, 3.63) is 29.8 Å². The Kier molecular flexibility index (Phi) is 5.49. The molecule has 1 aromatic rings. The molecule has 0 saturated carbocycles. The predicted octanol–water partition coefficient (Wildman–Crippen LogP) is 1.74. The number of hydrogen-bond acceptors (Lipinski definition) is 5. The van der Waals surface area contributed by atoms with Gasteiger partial charge in [-0.15, -0.1) is 0 Å². The lowest BCUT2D eigenvalue weighted by Gasteiger charge is -2.36. The van der Waals surface area contributed by atoms with Crippen LogP contribution in [0.5, 0.6) is 0 Å². The summed E-state index contributed by atoms with van der Waals surface area (Å²) >= 11 is 0. The first-order valence-electron chi connectivity index (χ1n) is 8.01. The van der Waals surface area contributed by atoms with Crippen LogP contribution in [0.1, 0.15) is 32.4 Å². The Morgan fingerprint density at radius 2 is 1.78 bits per heavy atom. The molecular weight excluding hydrogens is 294 g/mol. The van der Waals surface area contributed by atoms with Gasteiger partial charge in [0.25, 0.3) is 0 Å². The van der Waals surface area contributed by atoms with E-state index in [1.165, 1.54) is 0 Å². The topological polar surface area (TPSA) is 79.0 Å². The highest BCUT2D eigenvalue weighted by molar-refractivity contribution is 5.68. The minimum absolute atomic E-state index is 0.216. The highest BCUT2D eigenvalue weighted by Crippen LogP contribution is 2.21. The molecule has 1 heterocycles. The molecule has 1 fully saturated rings. The SMILES string of the molecule is CC(C)(C)OC(=O)N1CCN(c2ccc(C(O)CN)cc2)CC1. The van der Waals surface area contributed by atoms with Crippen LogP contribution in [0.15, 0.2) is 24.3 Å². The molecule has 0 bridgehead atoms. The number of amides is 1. The molecule has 1 aromatic carbocycles. The Bertz CT molecular complexity index is 517. The van der Waals surface area contributed by atoms with Gasteiger partial charge in [0.15, 0.2) is 0 Å². The lowest BCUT2D eigenvalue weighted by atomic mass is 10.1. The molecular formula is C17H27N3O3. The van der Waals surface area contributed by atoms with Crippen molar-refractivity contribution >= 4 is 11.8 Å². The highest BCUT2D eigenvalue weighted by Gasteiger charge is 2.25. The van der Waals surface area contributed by atoms with Crippen molar-refractivity contribution in [3.8, 4) is 0 Å². The van der Waals surface area contributed by atoms with Gasteiger partial charge in [0, 0.05) is 38.4 Å². The van der Waals surface area contributed by atoms with E-state index >= 15 is 0 Å². The van der Waals surface area contributed by atoms with Crippen LogP contribution in [0, 0.1) is 0 Å². The molecule has 1 aliphatic heterocycles. The van der Waals surface area contributed by atoms with E-state index in [0.717, 1.165) is 24.3 Å². The van der Waals surface area contributed by atoms with Crippen LogP contribution in [0.2, 0.25) is 0 Å². The Balaban J connectivity index is 1.90. The van der Waals surface area contributed by atoms with E-state index < -0.39 is 11.7 Å². The smallest absolute Gasteiger partial charge is 0.410 e. The Morgan fingerprint density at radius 3 is 2.26 bits per heavy atom. The molecule has 0 aliphatic carbocycles. The molecule has 23 heavy (non-hydrogen) atoms. The van der Waals surface area contributed by atoms with E-state index in [1.54, 1.807) is 4.90 Å². The number of carbonyl (C=O) groups excluding carboxylic acids is 1. The molecule has 0 radical (unpaired) electrons. The summed E-state index contributed by atoms with van der Waals surface area (Å²) in [6.45, 7) is 8.64. The molecule has 6 heteroatoms. The molecule has 2 rings (SSSR count). The van der Waals surface area contributed by atoms with Gasteiger partial charge in [0.2, 0.25) is 0 Å². The molecule has 128 valence electrons. The Hall–Kier alpha value is -1.79. The maximum absolute atomic E-state index is 12.1. The van der Waals surface area contributed by atoms with Crippen molar-refractivity contribution in [2.24, 2.45) is 5.73 Å².